The number of hydrogen-bond donors (Lipinski definition) is 3. The van der Waals surface area contributed by atoms with Crippen LogP contribution in [-0.2, 0) is 19.1 Å². The van der Waals surface area contributed by atoms with E-state index in [1.165, 1.54) is 0 Å². The predicted octanol–water partition coefficient (Wildman–Crippen LogP) is -1.23. The zero-order chi connectivity index (χ0) is 13.4. The highest BCUT2D eigenvalue weighted by Gasteiger charge is 2.30. The van der Waals surface area contributed by atoms with Gasteiger partial charge in [-0.1, -0.05) is 0 Å². The van der Waals surface area contributed by atoms with Gasteiger partial charge < -0.3 is 20.5 Å². The van der Waals surface area contributed by atoms with Crippen molar-refractivity contribution in [2.75, 3.05) is 32.8 Å². The molecule has 102 valence electrons. The summed E-state index contributed by atoms with van der Waals surface area (Å²) < 4.78 is 5.15. The Morgan fingerprint density at radius 3 is 2.83 bits per heavy atom. The lowest BCUT2D eigenvalue weighted by molar-refractivity contribution is -0.137. The average molecular weight is 258 g/mol. The number of carboxylic acids is 1. The Kier molecular flexibility index (Phi) is 6.31. The third kappa shape index (κ3) is 5.24. The molecule has 0 aliphatic carbocycles. The van der Waals surface area contributed by atoms with Gasteiger partial charge in [-0.15, -0.1) is 0 Å². The lowest BCUT2D eigenvalue weighted by atomic mass is 10.1. The lowest BCUT2D eigenvalue weighted by Crippen LogP contribution is -2.36. The van der Waals surface area contributed by atoms with Crippen molar-refractivity contribution in [3.8, 4) is 0 Å². The van der Waals surface area contributed by atoms with Crippen LogP contribution in [0, 0.1) is 5.92 Å². The van der Waals surface area contributed by atoms with Crippen molar-refractivity contribution in [1.29, 1.82) is 0 Å². The minimum Gasteiger partial charge on any atom is -0.481 e. The fourth-order valence-electron chi connectivity index (χ4n) is 1.61. The number of Topliss-reactive ketones (excluding diaryl/α,β-unsaturated/α-hetero) is 1. The number of nitrogens with one attached hydrogen (secondary N) is 2. The molecule has 1 atom stereocenters. The Labute approximate surface area is 105 Å². The van der Waals surface area contributed by atoms with Gasteiger partial charge in [-0.2, -0.15) is 0 Å². The van der Waals surface area contributed by atoms with Gasteiger partial charge in [0.2, 0.25) is 5.91 Å². The van der Waals surface area contributed by atoms with Crippen LogP contribution in [0.5, 0.6) is 0 Å². The van der Waals surface area contributed by atoms with Crippen LogP contribution in [0.1, 0.15) is 12.8 Å². The Hall–Kier alpha value is -1.47. The van der Waals surface area contributed by atoms with Gasteiger partial charge in [0.1, 0.15) is 5.92 Å². The van der Waals surface area contributed by atoms with Crippen LogP contribution in [0.15, 0.2) is 0 Å². The first-order valence-corrected chi connectivity index (χ1v) is 5.92. The molecule has 18 heavy (non-hydrogen) atoms. The molecule has 1 amide bonds. The first-order valence-electron chi connectivity index (χ1n) is 5.92. The fourth-order valence-corrected chi connectivity index (χ4v) is 1.61. The number of carbonyl (C=O) groups is 3. The molecule has 1 aliphatic heterocycles. The molecule has 0 radical (unpaired) electrons. The standard InChI is InChI=1S/C11H18N2O5/c14-9-7-12-6-8(9)11(17)13-3-5-18-4-1-2-10(15)16/h8,12H,1-7H2,(H,13,17)(H,15,16)/t8-/m1/s1. The van der Waals surface area contributed by atoms with Crippen molar-refractivity contribution < 1.29 is 24.2 Å². The molecule has 1 fully saturated rings. The molecule has 0 aromatic rings. The van der Waals surface area contributed by atoms with E-state index in [4.69, 9.17) is 9.84 Å². The smallest absolute Gasteiger partial charge is 0.303 e. The number of hydrogen-bond acceptors (Lipinski definition) is 5. The van der Waals surface area contributed by atoms with E-state index in [0.29, 0.717) is 32.7 Å². The van der Waals surface area contributed by atoms with Gasteiger partial charge >= 0.3 is 5.97 Å². The topological polar surface area (TPSA) is 105 Å². The summed E-state index contributed by atoms with van der Waals surface area (Å²) in [5.74, 6) is -1.80. The van der Waals surface area contributed by atoms with Crippen molar-refractivity contribution in [3.05, 3.63) is 0 Å². The largest absolute Gasteiger partial charge is 0.481 e. The molecular weight excluding hydrogens is 240 g/mol. The Balaban J connectivity index is 1.99. The molecule has 0 unspecified atom stereocenters. The van der Waals surface area contributed by atoms with Crippen LogP contribution in [0.25, 0.3) is 0 Å². The van der Waals surface area contributed by atoms with E-state index >= 15 is 0 Å². The summed E-state index contributed by atoms with van der Waals surface area (Å²) in [5, 5.41) is 13.8. The summed E-state index contributed by atoms with van der Waals surface area (Å²) in [7, 11) is 0. The van der Waals surface area contributed by atoms with E-state index in [2.05, 4.69) is 10.6 Å². The van der Waals surface area contributed by atoms with Crippen LogP contribution < -0.4 is 10.6 Å². The number of ketones is 1. The number of ether oxygens (including phenoxy) is 1. The number of carbonyl (C=O) groups excluding carboxylic acids is 2. The van der Waals surface area contributed by atoms with Crippen LogP contribution in [0.3, 0.4) is 0 Å². The second kappa shape index (κ2) is 7.78. The van der Waals surface area contributed by atoms with E-state index in [9.17, 15) is 14.4 Å². The summed E-state index contributed by atoms with van der Waals surface area (Å²) >= 11 is 0. The van der Waals surface area contributed by atoms with Crippen molar-refractivity contribution in [3.63, 3.8) is 0 Å². The summed E-state index contributed by atoms with van der Waals surface area (Å²) in [5.41, 5.74) is 0. The van der Waals surface area contributed by atoms with Crippen LogP contribution in [-0.4, -0.2) is 55.6 Å². The molecular formula is C11H18N2O5. The first-order chi connectivity index (χ1) is 8.61. The van der Waals surface area contributed by atoms with E-state index in [1.54, 1.807) is 0 Å². The molecule has 1 rings (SSSR count). The first kappa shape index (κ1) is 14.6. The van der Waals surface area contributed by atoms with Gasteiger partial charge in [-0.25, -0.2) is 0 Å². The van der Waals surface area contributed by atoms with Crippen molar-refractivity contribution in [2.45, 2.75) is 12.8 Å². The van der Waals surface area contributed by atoms with E-state index < -0.39 is 11.9 Å². The summed E-state index contributed by atoms with van der Waals surface area (Å²) in [6.07, 6.45) is 0.531. The predicted molar refractivity (Wildman–Crippen MR) is 62.1 cm³/mol. The van der Waals surface area contributed by atoms with Gasteiger partial charge in [0.05, 0.1) is 13.2 Å². The molecule has 0 bridgehead atoms. The molecule has 0 spiro atoms. The molecule has 1 aliphatic rings. The SMILES string of the molecule is O=C(O)CCCOCCNC(=O)[C@@H]1CNCC1=O. The van der Waals surface area contributed by atoms with Crippen molar-refractivity contribution in [2.24, 2.45) is 5.92 Å². The Morgan fingerprint density at radius 2 is 2.22 bits per heavy atom. The highest BCUT2D eigenvalue weighted by Crippen LogP contribution is 2.02. The minimum absolute atomic E-state index is 0.0780. The van der Waals surface area contributed by atoms with Gasteiger partial charge in [0.15, 0.2) is 5.78 Å². The van der Waals surface area contributed by atoms with Gasteiger partial charge in [0.25, 0.3) is 0 Å². The van der Waals surface area contributed by atoms with Crippen LogP contribution in [0.4, 0.5) is 0 Å². The maximum absolute atomic E-state index is 11.5. The van der Waals surface area contributed by atoms with Gasteiger partial charge in [-0.3, -0.25) is 14.4 Å². The summed E-state index contributed by atoms with van der Waals surface area (Å²) in [6, 6.07) is 0. The number of aliphatic carboxylic acids is 1. The number of carboxylic acid groups (broad SMARTS) is 1. The van der Waals surface area contributed by atoms with Crippen LogP contribution in [0.2, 0.25) is 0 Å². The number of rotatable bonds is 8. The quantitative estimate of drug-likeness (QED) is 0.372. The third-order valence-corrected chi connectivity index (χ3v) is 2.58. The normalized spacial score (nSPS) is 18.9. The second-order valence-corrected chi connectivity index (χ2v) is 4.05. The van der Waals surface area contributed by atoms with Crippen molar-refractivity contribution >= 4 is 17.7 Å². The third-order valence-electron chi connectivity index (χ3n) is 2.58. The maximum atomic E-state index is 11.5. The highest BCUT2D eigenvalue weighted by molar-refractivity contribution is 6.03. The zero-order valence-corrected chi connectivity index (χ0v) is 10.1. The maximum Gasteiger partial charge on any atom is 0.303 e. The van der Waals surface area contributed by atoms with Crippen LogP contribution >= 0.6 is 0 Å². The molecule has 1 saturated heterocycles. The number of amides is 1. The molecule has 7 heteroatoms. The van der Waals surface area contributed by atoms with E-state index in [0.717, 1.165) is 0 Å². The second-order valence-electron chi connectivity index (χ2n) is 4.05. The molecule has 1 heterocycles. The Bertz CT molecular complexity index is 319. The monoisotopic (exact) mass is 258 g/mol. The van der Waals surface area contributed by atoms with E-state index in [-0.39, 0.29) is 24.7 Å². The summed E-state index contributed by atoms with van der Waals surface area (Å²) in [6.45, 7) is 1.65. The van der Waals surface area contributed by atoms with Crippen molar-refractivity contribution in [1.82, 2.24) is 10.6 Å². The van der Waals surface area contributed by atoms with E-state index in [1.807, 2.05) is 0 Å². The minimum atomic E-state index is -0.848. The highest BCUT2D eigenvalue weighted by atomic mass is 16.5. The fraction of sp³-hybridized carbons (Fsp3) is 0.727. The molecule has 0 saturated carbocycles. The molecule has 0 aromatic heterocycles. The Morgan fingerprint density at radius 1 is 1.44 bits per heavy atom. The van der Waals surface area contributed by atoms with Gasteiger partial charge in [-0.05, 0) is 6.42 Å². The zero-order valence-electron chi connectivity index (χ0n) is 10.1. The summed E-state index contributed by atoms with van der Waals surface area (Å²) in [4.78, 5) is 33.0. The average Bonchev–Trinajstić information content (AvgIpc) is 2.73. The van der Waals surface area contributed by atoms with Gasteiger partial charge in [0, 0.05) is 26.1 Å². The molecule has 0 aromatic carbocycles. The lowest BCUT2D eigenvalue weighted by Gasteiger charge is -2.09. The molecule has 3 N–H and O–H groups in total. The molecule has 7 nitrogen and oxygen atoms in total.